The number of likely N-dealkylation sites (N-methyl/N-ethyl adjacent to an activating group) is 1. The summed E-state index contributed by atoms with van der Waals surface area (Å²) in [6.45, 7) is 8.53. The van der Waals surface area contributed by atoms with Crippen LogP contribution in [0.5, 0.6) is 0 Å². The number of fused-ring (bicyclic) bond motifs is 1. The number of rotatable bonds is 5. The Bertz CT molecular complexity index is 852. The molecule has 3 aliphatic rings. The summed E-state index contributed by atoms with van der Waals surface area (Å²) < 4.78 is 14.1. The maximum Gasteiger partial charge on any atom is 0.325 e. The lowest BCUT2D eigenvalue weighted by Gasteiger charge is -2.39. The number of nitrogens with zero attached hydrogens (tertiary/aromatic N) is 5. The Kier molecular flexibility index (Phi) is 5.64. The third-order valence-electron chi connectivity index (χ3n) is 5.94. The molecule has 0 bridgehead atoms. The summed E-state index contributed by atoms with van der Waals surface area (Å²) in [6, 6.07) is 5.97. The number of carbonyl (C=O) groups excluding carboxylic acids is 2. The lowest BCUT2D eigenvalue weighted by molar-refractivity contribution is -0.127. The Hall–Kier alpha value is -2.68. The van der Waals surface area contributed by atoms with Gasteiger partial charge in [0.25, 0.3) is 5.91 Å². The first-order valence-electron chi connectivity index (χ1n) is 10.5. The number of anilines is 1. The average molecular weight is 417 g/mol. The van der Waals surface area contributed by atoms with Crippen LogP contribution in [0, 0.1) is 11.7 Å². The molecule has 2 unspecified atom stereocenters. The Morgan fingerprint density at radius 2 is 1.87 bits per heavy atom. The number of amidine groups is 1. The number of piperazine rings is 1. The summed E-state index contributed by atoms with van der Waals surface area (Å²) in [5, 5.41) is 2.43. The van der Waals surface area contributed by atoms with E-state index in [-0.39, 0.29) is 11.7 Å². The molecule has 0 spiro atoms. The van der Waals surface area contributed by atoms with Gasteiger partial charge in [0.1, 0.15) is 11.7 Å². The van der Waals surface area contributed by atoms with Crippen LogP contribution in [0.15, 0.2) is 29.3 Å². The number of amides is 3. The van der Waals surface area contributed by atoms with Crippen LogP contribution in [-0.2, 0) is 4.79 Å². The van der Waals surface area contributed by atoms with Gasteiger partial charge in [-0.15, -0.1) is 0 Å². The van der Waals surface area contributed by atoms with Crippen LogP contribution in [0.25, 0.3) is 0 Å². The molecular formula is C21H29FN6O2. The topological polar surface area (TPSA) is 71.5 Å². The number of nitrogens with one attached hydrogen (secondary N) is 1. The summed E-state index contributed by atoms with van der Waals surface area (Å²) in [4.78, 5) is 37.3. The number of benzene rings is 1. The Morgan fingerprint density at radius 1 is 1.17 bits per heavy atom. The van der Waals surface area contributed by atoms with Crippen molar-refractivity contribution in [2.45, 2.75) is 26.1 Å². The van der Waals surface area contributed by atoms with Crippen LogP contribution in [0.2, 0.25) is 0 Å². The molecule has 162 valence electrons. The highest BCUT2D eigenvalue weighted by Crippen LogP contribution is 2.26. The van der Waals surface area contributed by atoms with E-state index in [4.69, 9.17) is 4.99 Å². The van der Waals surface area contributed by atoms with Gasteiger partial charge < -0.3 is 14.7 Å². The third-order valence-corrected chi connectivity index (χ3v) is 5.94. The van der Waals surface area contributed by atoms with E-state index in [0.29, 0.717) is 24.7 Å². The SMILES string of the molecule is CC(C)CN1C(CN2CCN(c3ccccc3F)CC2)=NC2C1C(=O)NC(=O)N2C. The zero-order valence-corrected chi connectivity index (χ0v) is 17.7. The van der Waals surface area contributed by atoms with E-state index in [1.165, 1.54) is 11.0 Å². The quantitative estimate of drug-likeness (QED) is 0.781. The smallest absolute Gasteiger partial charge is 0.325 e. The maximum absolute atomic E-state index is 14.1. The fourth-order valence-electron chi connectivity index (χ4n) is 4.38. The number of halogens is 1. The summed E-state index contributed by atoms with van der Waals surface area (Å²) in [7, 11) is 1.67. The van der Waals surface area contributed by atoms with Gasteiger partial charge in [-0.25, -0.2) is 14.2 Å². The van der Waals surface area contributed by atoms with Crippen molar-refractivity contribution in [3.05, 3.63) is 30.1 Å². The van der Waals surface area contributed by atoms with Gasteiger partial charge in [-0.05, 0) is 18.1 Å². The van der Waals surface area contributed by atoms with E-state index in [0.717, 1.165) is 32.0 Å². The first-order valence-corrected chi connectivity index (χ1v) is 10.5. The summed E-state index contributed by atoms with van der Waals surface area (Å²) >= 11 is 0. The predicted octanol–water partition coefficient (Wildman–Crippen LogP) is 1.19. The van der Waals surface area contributed by atoms with Gasteiger partial charge in [0.15, 0.2) is 12.2 Å². The number of carbonyl (C=O) groups is 2. The lowest BCUT2D eigenvalue weighted by atomic mass is 10.1. The molecule has 2 saturated heterocycles. The maximum atomic E-state index is 14.1. The van der Waals surface area contributed by atoms with Crippen LogP contribution < -0.4 is 10.2 Å². The molecule has 2 fully saturated rings. The molecule has 1 aromatic carbocycles. The van der Waals surface area contributed by atoms with Crippen LogP contribution in [0.3, 0.4) is 0 Å². The molecule has 8 nitrogen and oxygen atoms in total. The number of hydrogen-bond donors (Lipinski definition) is 1. The summed E-state index contributed by atoms with van der Waals surface area (Å²) in [5.41, 5.74) is 0.639. The molecule has 2 atom stereocenters. The number of aliphatic imine (C=N–C) groups is 1. The van der Waals surface area contributed by atoms with Crippen LogP contribution >= 0.6 is 0 Å². The number of para-hydroxylation sites is 1. The molecule has 3 amide bonds. The summed E-state index contributed by atoms with van der Waals surface area (Å²) in [6.07, 6.45) is -0.486. The number of imide groups is 1. The van der Waals surface area contributed by atoms with Crippen molar-refractivity contribution in [3.8, 4) is 0 Å². The second-order valence-electron chi connectivity index (χ2n) is 8.57. The average Bonchev–Trinajstić information content (AvgIpc) is 3.05. The minimum atomic E-state index is -0.486. The zero-order valence-electron chi connectivity index (χ0n) is 17.7. The van der Waals surface area contributed by atoms with Gasteiger partial charge in [-0.2, -0.15) is 0 Å². The largest absolute Gasteiger partial charge is 0.367 e. The molecule has 1 N–H and O–H groups in total. The van der Waals surface area contributed by atoms with Crippen molar-refractivity contribution in [1.82, 2.24) is 20.0 Å². The molecule has 3 aliphatic heterocycles. The zero-order chi connectivity index (χ0) is 21.4. The van der Waals surface area contributed by atoms with Gasteiger partial charge in [-0.1, -0.05) is 26.0 Å². The molecule has 0 aromatic heterocycles. The van der Waals surface area contributed by atoms with Crippen LogP contribution in [0.4, 0.5) is 14.9 Å². The highest BCUT2D eigenvalue weighted by molar-refractivity contribution is 6.04. The molecule has 0 radical (unpaired) electrons. The van der Waals surface area contributed by atoms with Gasteiger partial charge in [0.2, 0.25) is 0 Å². The van der Waals surface area contributed by atoms with E-state index < -0.39 is 18.2 Å². The second-order valence-corrected chi connectivity index (χ2v) is 8.57. The highest BCUT2D eigenvalue weighted by atomic mass is 19.1. The third kappa shape index (κ3) is 3.86. The highest BCUT2D eigenvalue weighted by Gasteiger charge is 2.48. The number of hydrogen-bond acceptors (Lipinski definition) is 6. The van der Waals surface area contributed by atoms with E-state index in [9.17, 15) is 14.0 Å². The molecule has 3 heterocycles. The van der Waals surface area contributed by atoms with Crippen LogP contribution in [0.1, 0.15) is 13.8 Å². The number of urea groups is 1. The Morgan fingerprint density at radius 3 is 2.53 bits per heavy atom. The van der Waals surface area contributed by atoms with E-state index >= 15 is 0 Å². The minimum absolute atomic E-state index is 0.197. The lowest BCUT2D eigenvalue weighted by Crippen LogP contribution is -2.64. The molecule has 1 aromatic rings. The van der Waals surface area contributed by atoms with Crippen molar-refractivity contribution in [2.24, 2.45) is 10.9 Å². The van der Waals surface area contributed by atoms with Gasteiger partial charge in [0.05, 0.1) is 12.2 Å². The monoisotopic (exact) mass is 416 g/mol. The normalized spacial score (nSPS) is 25.0. The van der Waals surface area contributed by atoms with Crippen molar-refractivity contribution < 1.29 is 14.0 Å². The van der Waals surface area contributed by atoms with Gasteiger partial charge >= 0.3 is 6.03 Å². The predicted molar refractivity (Wildman–Crippen MR) is 113 cm³/mol. The van der Waals surface area contributed by atoms with E-state index in [1.54, 1.807) is 13.1 Å². The second kappa shape index (κ2) is 8.22. The minimum Gasteiger partial charge on any atom is -0.367 e. The Labute approximate surface area is 176 Å². The molecule has 9 heteroatoms. The first-order chi connectivity index (χ1) is 14.3. The van der Waals surface area contributed by atoms with Crippen molar-refractivity contribution >= 4 is 23.5 Å². The first kappa shape index (κ1) is 20.6. The molecule has 30 heavy (non-hydrogen) atoms. The van der Waals surface area contributed by atoms with Crippen molar-refractivity contribution in [3.63, 3.8) is 0 Å². The molecule has 0 aliphatic carbocycles. The van der Waals surface area contributed by atoms with Crippen LogP contribution in [-0.4, -0.2) is 91.0 Å². The van der Waals surface area contributed by atoms with Crippen molar-refractivity contribution in [1.29, 1.82) is 0 Å². The summed E-state index contributed by atoms with van der Waals surface area (Å²) in [5.74, 6) is 0.709. The Balaban J connectivity index is 1.46. The standard InChI is InChI=1S/C21H29FN6O2/c1-14(2)12-28-17(23-19-18(28)20(29)24-21(30)25(19)3)13-26-8-10-27(11-9-26)16-7-5-4-6-15(16)22/h4-7,14,18-19H,8-13H2,1-3H3,(H,24,29,30). The van der Waals surface area contributed by atoms with E-state index in [2.05, 4.69) is 33.9 Å². The van der Waals surface area contributed by atoms with Gasteiger partial charge in [-0.3, -0.25) is 15.0 Å². The molecular weight excluding hydrogens is 387 g/mol. The van der Waals surface area contributed by atoms with E-state index in [1.807, 2.05) is 12.1 Å². The molecule has 0 saturated carbocycles. The van der Waals surface area contributed by atoms with Gasteiger partial charge in [0, 0.05) is 39.8 Å². The molecule has 4 rings (SSSR count). The van der Waals surface area contributed by atoms with Crippen molar-refractivity contribution in [2.75, 3.05) is 51.2 Å². The fraction of sp³-hybridized carbons (Fsp3) is 0.571. The fourth-order valence-corrected chi connectivity index (χ4v) is 4.38.